The number of anilines is 1. The number of nitrogens with zero attached hydrogens (tertiary/aromatic N) is 4. The van der Waals surface area contributed by atoms with Crippen molar-refractivity contribution in [2.45, 2.75) is 65.1 Å². The first-order chi connectivity index (χ1) is 13.0. The van der Waals surface area contributed by atoms with Crippen LogP contribution in [0.1, 0.15) is 46.7 Å². The first-order valence-corrected chi connectivity index (χ1v) is 9.70. The lowest BCUT2D eigenvalue weighted by molar-refractivity contribution is 0.0125. The smallest absolute Gasteiger partial charge is 0.410 e. The number of aromatic nitrogens is 3. The van der Waals surface area contributed by atoms with Crippen LogP contribution in [0.15, 0.2) is 24.7 Å². The molecule has 1 fully saturated rings. The Morgan fingerprint density at radius 2 is 2.04 bits per heavy atom. The molecule has 1 atom stereocenters. The van der Waals surface area contributed by atoms with Crippen molar-refractivity contribution in [3.63, 3.8) is 0 Å². The predicted molar refractivity (Wildman–Crippen MR) is 110 cm³/mol. The number of carbonyl (C=O) groups excluding carboxylic acids is 1. The lowest BCUT2D eigenvalue weighted by Gasteiger charge is -2.37. The number of likely N-dealkylation sites (tertiary alicyclic amines) is 1. The lowest BCUT2D eigenvalue weighted by atomic mass is 9.96. The molecule has 7 heteroatoms. The van der Waals surface area contributed by atoms with Crippen molar-refractivity contribution >= 4 is 11.9 Å². The lowest BCUT2D eigenvalue weighted by Crippen LogP contribution is -2.51. The van der Waals surface area contributed by atoms with Gasteiger partial charge in [0.2, 0.25) is 0 Å². The van der Waals surface area contributed by atoms with Crippen molar-refractivity contribution in [2.75, 3.05) is 11.9 Å². The van der Waals surface area contributed by atoms with E-state index in [9.17, 15) is 4.79 Å². The Hall–Kier alpha value is -2.57. The minimum Gasteiger partial charge on any atom is -0.444 e. The highest BCUT2D eigenvalue weighted by Gasteiger charge is 2.45. The molecule has 0 bridgehead atoms. The molecule has 0 radical (unpaired) electrons. The summed E-state index contributed by atoms with van der Waals surface area (Å²) < 4.78 is 7.50. The molecule has 7 nitrogen and oxygen atoms in total. The molecular formula is C21H31N5O2. The van der Waals surface area contributed by atoms with Gasteiger partial charge in [-0.1, -0.05) is 0 Å². The highest BCUT2D eigenvalue weighted by atomic mass is 16.6. The second-order valence-corrected chi connectivity index (χ2v) is 9.03. The molecule has 2 aromatic heterocycles. The molecule has 152 valence electrons. The number of hydrogen-bond acceptors (Lipinski definition) is 5. The molecule has 2 aromatic rings. The van der Waals surface area contributed by atoms with Gasteiger partial charge in [-0.15, -0.1) is 0 Å². The van der Waals surface area contributed by atoms with E-state index in [0.29, 0.717) is 6.54 Å². The van der Waals surface area contributed by atoms with E-state index in [0.717, 1.165) is 29.2 Å². The molecule has 28 heavy (non-hydrogen) atoms. The van der Waals surface area contributed by atoms with E-state index in [2.05, 4.69) is 24.1 Å². The molecule has 3 rings (SSSR count). The van der Waals surface area contributed by atoms with Gasteiger partial charge in [-0.2, -0.15) is 0 Å². The van der Waals surface area contributed by atoms with Crippen LogP contribution in [-0.2, 0) is 11.8 Å². The molecule has 1 N–H and O–H groups in total. The predicted octanol–water partition coefficient (Wildman–Crippen LogP) is 3.99. The van der Waals surface area contributed by atoms with Crippen molar-refractivity contribution in [1.29, 1.82) is 0 Å². The molecule has 1 aliphatic rings. The highest BCUT2D eigenvalue weighted by molar-refractivity contribution is 5.70. The fraction of sp³-hybridized carbons (Fsp3) is 0.571. The number of carbonyl (C=O) groups is 1. The summed E-state index contributed by atoms with van der Waals surface area (Å²) in [6, 6.07) is 4.11. The maximum atomic E-state index is 12.6. The number of amides is 1. The summed E-state index contributed by atoms with van der Waals surface area (Å²) in [5.74, 6) is 0.807. The van der Waals surface area contributed by atoms with Crippen LogP contribution < -0.4 is 5.32 Å². The van der Waals surface area contributed by atoms with Crippen LogP contribution >= 0.6 is 0 Å². The summed E-state index contributed by atoms with van der Waals surface area (Å²) in [7, 11) is 1.95. The van der Waals surface area contributed by atoms with Crippen LogP contribution in [0.5, 0.6) is 0 Å². The van der Waals surface area contributed by atoms with Crippen molar-refractivity contribution in [2.24, 2.45) is 7.05 Å². The quantitative estimate of drug-likeness (QED) is 0.865. The summed E-state index contributed by atoms with van der Waals surface area (Å²) in [5.41, 5.74) is 1.98. The Balaban J connectivity index is 1.73. The SMILES string of the molecule is Cc1nc(N[C@H]2CCN(C(=O)OC(C)(C)C)C2(C)C)ccc1-c1cn(C)cn1. The van der Waals surface area contributed by atoms with Gasteiger partial charge in [0.15, 0.2) is 0 Å². The Kier molecular flexibility index (Phi) is 5.12. The van der Waals surface area contributed by atoms with Gasteiger partial charge in [0, 0.05) is 31.0 Å². The van der Waals surface area contributed by atoms with Crippen molar-refractivity contribution in [1.82, 2.24) is 19.4 Å². The average molecular weight is 386 g/mol. The Labute approximate surface area is 167 Å². The number of ether oxygens (including phenoxy) is 1. The van der Waals surface area contributed by atoms with Crippen LogP contribution in [0, 0.1) is 6.92 Å². The molecule has 1 amide bonds. The molecule has 1 saturated heterocycles. The summed E-state index contributed by atoms with van der Waals surface area (Å²) in [6.07, 6.45) is 4.34. The first-order valence-electron chi connectivity index (χ1n) is 9.70. The van der Waals surface area contributed by atoms with Gasteiger partial charge >= 0.3 is 6.09 Å². The number of pyridine rings is 1. The summed E-state index contributed by atoms with van der Waals surface area (Å²) in [4.78, 5) is 23.5. The van der Waals surface area contributed by atoms with Crippen LogP contribution in [0.25, 0.3) is 11.3 Å². The van der Waals surface area contributed by atoms with E-state index in [1.54, 1.807) is 6.33 Å². The molecule has 0 spiro atoms. The number of nitrogens with one attached hydrogen (secondary N) is 1. The summed E-state index contributed by atoms with van der Waals surface area (Å²) >= 11 is 0. The second-order valence-electron chi connectivity index (χ2n) is 9.03. The molecule has 1 aliphatic heterocycles. The molecular weight excluding hydrogens is 354 g/mol. The average Bonchev–Trinajstić information content (AvgIpc) is 3.09. The monoisotopic (exact) mass is 385 g/mol. The maximum absolute atomic E-state index is 12.6. The van der Waals surface area contributed by atoms with Crippen molar-refractivity contribution in [3.8, 4) is 11.3 Å². The van der Waals surface area contributed by atoms with E-state index < -0.39 is 5.60 Å². The van der Waals surface area contributed by atoms with Crippen molar-refractivity contribution < 1.29 is 9.53 Å². The Bertz CT molecular complexity index is 866. The first kappa shape index (κ1) is 20.2. The third-order valence-corrected chi connectivity index (χ3v) is 5.19. The standard InChI is InChI=1S/C21H31N5O2/c1-14-15(16-12-25(7)13-22-16)8-9-18(23-14)24-17-10-11-26(21(17,5)6)19(27)28-20(2,3)4/h8-9,12-13,17H,10-11H2,1-7H3,(H,23,24)/t17-/m0/s1. The maximum Gasteiger partial charge on any atom is 0.410 e. The second kappa shape index (κ2) is 7.11. The third-order valence-electron chi connectivity index (χ3n) is 5.19. The highest BCUT2D eigenvalue weighted by Crippen LogP contribution is 2.33. The number of hydrogen-bond donors (Lipinski definition) is 1. The number of imidazole rings is 1. The van der Waals surface area contributed by atoms with E-state index in [-0.39, 0.29) is 17.7 Å². The van der Waals surface area contributed by atoms with E-state index in [1.807, 2.05) is 62.5 Å². The van der Waals surface area contributed by atoms with E-state index >= 15 is 0 Å². The summed E-state index contributed by atoms with van der Waals surface area (Å²) in [5, 5.41) is 3.52. The van der Waals surface area contributed by atoms with Crippen LogP contribution in [0.4, 0.5) is 10.6 Å². The van der Waals surface area contributed by atoms with Crippen LogP contribution in [0.2, 0.25) is 0 Å². The number of rotatable bonds is 3. The minimum absolute atomic E-state index is 0.0904. The largest absolute Gasteiger partial charge is 0.444 e. The Morgan fingerprint density at radius 3 is 2.61 bits per heavy atom. The van der Waals surface area contributed by atoms with Crippen LogP contribution in [-0.4, -0.2) is 49.3 Å². The van der Waals surface area contributed by atoms with E-state index in [1.165, 1.54) is 0 Å². The molecule has 0 unspecified atom stereocenters. The van der Waals surface area contributed by atoms with Gasteiger partial charge in [0.05, 0.1) is 23.6 Å². The van der Waals surface area contributed by atoms with Gasteiger partial charge in [-0.05, 0) is 60.1 Å². The zero-order chi connectivity index (χ0) is 20.7. The fourth-order valence-corrected chi connectivity index (χ4v) is 3.62. The van der Waals surface area contributed by atoms with Gasteiger partial charge in [-0.3, -0.25) is 0 Å². The van der Waals surface area contributed by atoms with Gasteiger partial charge in [-0.25, -0.2) is 14.8 Å². The van der Waals surface area contributed by atoms with Gasteiger partial charge < -0.3 is 19.5 Å². The topological polar surface area (TPSA) is 72.3 Å². The Morgan fingerprint density at radius 1 is 1.32 bits per heavy atom. The zero-order valence-electron chi connectivity index (χ0n) is 17.9. The summed E-state index contributed by atoms with van der Waals surface area (Å²) in [6.45, 7) is 12.4. The van der Waals surface area contributed by atoms with Crippen molar-refractivity contribution in [3.05, 3.63) is 30.4 Å². The molecule has 0 saturated carbocycles. The molecule has 0 aliphatic carbocycles. The molecule has 3 heterocycles. The number of aryl methyl sites for hydroxylation is 2. The fourth-order valence-electron chi connectivity index (χ4n) is 3.62. The van der Waals surface area contributed by atoms with Gasteiger partial charge in [0.1, 0.15) is 11.4 Å². The van der Waals surface area contributed by atoms with E-state index in [4.69, 9.17) is 9.72 Å². The normalized spacial score (nSPS) is 19.0. The third kappa shape index (κ3) is 4.13. The zero-order valence-corrected chi connectivity index (χ0v) is 17.9. The van der Waals surface area contributed by atoms with Gasteiger partial charge in [0.25, 0.3) is 0 Å². The van der Waals surface area contributed by atoms with Crippen LogP contribution in [0.3, 0.4) is 0 Å². The minimum atomic E-state index is -0.501. The molecule has 0 aromatic carbocycles.